The summed E-state index contributed by atoms with van der Waals surface area (Å²) in [7, 11) is 0. The Bertz CT molecular complexity index is 832. The summed E-state index contributed by atoms with van der Waals surface area (Å²) in [5.74, 6) is -0.0842. The third-order valence-corrected chi connectivity index (χ3v) is 4.69. The number of rotatable bonds is 2. The predicted octanol–water partition coefficient (Wildman–Crippen LogP) is 3.61. The van der Waals surface area contributed by atoms with Crippen LogP contribution in [0.15, 0.2) is 35.6 Å². The molecule has 3 rings (SSSR count). The monoisotopic (exact) mass is 361 g/mol. The van der Waals surface area contributed by atoms with Gasteiger partial charge in [0.1, 0.15) is 0 Å². The van der Waals surface area contributed by atoms with Gasteiger partial charge in [-0.25, -0.2) is 5.43 Å². The molecule has 0 amide bonds. The largest absolute Gasteiger partial charge is 0.369 e. The van der Waals surface area contributed by atoms with Gasteiger partial charge in [0.05, 0.1) is 11.4 Å². The van der Waals surface area contributed by atoms with Gasteiger partial charge >= 0.3 is 0 Å². The number of nitrogens with two attached hydrogens (primary N) is 1. The number of hydrogen-bond acceptors (Lipinski definition) is 3. The fourth-order valence-corrected chi connectivity index (χ4v) is 3.53. The first kappa shape index (κ1) is 16.7. The molecule has 1 aromatic heterocycles. The van der Waals surface area contributed by atoms with Crippen molar-refractivity contribution in [2.45, 2.75) is 25.7 Å². The fraction of sp³-hybridized carbons (Fsp3) is 0.235. The Morgan fingerprint density at radius 3 is 2.88 bits per heavy atom. The molecule has 7 heteroatoms. The molecule has 0 bridgehead atoms. The Hall–Kier alpha value is -2.11. The van der Waals surface area contributed by atoms with Gasteiger partial charge in [-0.1, -0.05) is 23.2 Å². The molecule has 0 saturated carbocycles. The van der Waals surface area contributed by atoms with Gasteiger partial charge in [-0.05, 0) is 61.1 Å². The molecular formula is C17H17Cl2N5. The highest BCUT2D eigenvalue weighted by Crippen LogP contribution is 2.37. The van der Waals surface area contributed by atoms with Crippen LogP contribution in [0.5, 0.6) is 0 Å². The fourth-order valence-electron chi connectivity index (χ4n) is 3.08. The molecule has 4 N–H and O–H groups in total. The Kier molecular flexibility index (Phi) is 4.73. The molecule has 1 atom stereocenters. The van der Waals surface area contributed by atoms with E-state index in [-0.39, 0.29) is 11.9 Å². The third kappa shape index (κ3) is 3.37. The molecule has 24 heavy (non-hydrogen) atoms. The number of fused-ring (bicyclic) bond motifs is 1. The van der Waals surface area contributed by atoms with Gasteiger partial charge in [0.2, 0.25) is 5.96 Å². The SMILES string of the molecule is Cc1ccnc2c1C(=NNC(=N)N)CC(c1cc(Cl)ccc1Cl)C2. The number of halogens is 2. The second-order valence-corrected chi connectivity index (χ2v) is 6.65. The molecule has 1 aliphatic carbocycles. The van der Waals surface area contributed by atoms with Crippen LogP contribution in [0.1, 0.15) is 34.7 Å². The lowest BCUT2D eigenvalue weighted by Crippen LogP contribution is -2.29. The van der Waals surface area contributed by atoms with Gasteiger partial charge in [-0.3, -0.25) is 10.4 Å². The number of aromatic nitrogens is 1. The molecule has 124 valence electrons. The highest BCUT2D eigenvalue weighted by Gasteiger charge is 2.28. The molecule has 0 radical (unpaired) electrons. The van der Waals surface area contributed by atoms with Crippen molar-refractivity contribution < 1.29 is 0 Å². The summed E-state index contributed by atoms with van der Waals surface area (Å²) in [6.07, 6.45) is 3.22. The second kappa shape index (κ2) is 6.79. The maximum atomic E-state index is 7.33. The van der Waals surface area contributed by atoms with Crippen molar-refractivity contribution in [2.75, 3.05) is 0 Å². The number of hydrogen-bond donors (Lipinski definition) is 3. The van der Waals surface area contributed by atoms with Crippen molar-refractivity contribution in [1.29, 1.82) is 5.41 Å². The van der Waals surface area contributed by atoms with Crippen LogP contribution in [0.3, 0.4) is 0 Å². The summed E-state index contributed by atoms with van der Waals surface area (Å²) in [6.45, 7) is 2.02. The number of benzene rings is 1. The maximum absolute atomic E-state index is 7.33. The van der Waals surface area contributed by atoms with Crippen LogP contribution in [0.4, 0.5) is 0 Å². The Morgan fingerprint density at radius 2 is 2.12 bits per heavy atom. The normalized spacial score (nSPS) is 18.3. The van der Waals surface area contributed by atoms with Crippen LogP contribution < -0.4 is 11.2 Å². The van der Waals surface area contributed by atoms with Gasteiger partial charge in [0.25, 0.3) is 0 Å². The average molecular weight is 362 g/mol. The summed E-state index contributed by atoms with van der Waals surface area (Å²) in [5, 5.41) is 13.0. The minimum absolute atomic E-state index is 0.116. The number of aryl methyl sites for hydroxylation is 1. The van der Waals surface area contributed by atoms with Gasteiger partial charge in [0.15, 0.2) is 0 Å². The van der Waals surface area contributed by atoms with Crippen molar-refractivity contribution in [3.63, 3.8) is 0 Å². The van der Waals surface area contributed by atoms with Gasteiger partial charge in [-0.2, -0.15) is 5.10 Å². The first-order valence-corrected chi connectivity index (χ1v) is 8.27. The molecule has 0 aliphatic heterocycles. The van der Waals surface area contributed by atoms with E-state index < -0.39 is 0 Å². The lowest BCUT2D eigenvalue weighted by molar-refractivity contribution is 0.675. The van der Waals surface area contributed by atoms with E-state index in [0.717, 1.165) is 34.5 Å². The predicted molar refractivity (Wildman–Crippen MR) is 98.1 cm³/mol. The van der Waals surface area contributed by atoms with Crippen LogP contribution in [0.25, 0.3) is 0 Å². The number of nitrogens with one attached hydrogen (secondary N) is 2. The zero-order chi connectivity index (χ0) is 17.3. The molecule has 1 heterocycles. The van der Waals surface area contributed by atoms with Gasteiger partial charge in [0, 0.05) is 21.8 Å². The second-order valence-electron chi connectivity index (χ2n) is 5.80. The maximum Gasteiger partial charge on any atom is 0.206 e. The number of guanidine groups is 1. The number of nitrogens with zero attached hydrogens (tertiary/aromatic N) is 2. The lowest BCUT2D eigenvalue weighted by Gasteiger charge is -2.27. The highest BCUT2D eigenvalue weighted by molar-refractivity contribution is 6.33. The van der Waals surface area contributed by atoms with E-state index in [1.807, 2.05) is 25.1 Å². The Balaban J connectivity index is 2.06. The molecule has 1 aliphatic rings. The molecule has 0 saturated heterocycles. The topological polar surface area (TPSA) is 87.2 Å². The summed E-state index contributed by atoms with van der Waals surface area (Å²) in [6, 6.07) is 7.43. The molecule has 1 aromatic carbocycles. The molecular weight excluding hydrogens is 345 g/mol. The smallest absolute Gasteiger partial charge is 0.206 e. The summed E-state index contributed by atoms with van der Waals surface area (Å²) < 4.78 is 0. The minimum atomic E-state index is -0.200. The van der Waals surface area contributed by atoms with Crippen LogP contribution in [0, 0.1) is 12.3 Å². The third-order valence-electron chi connectivity index (χ3n) is 4.12. The van der Waals surface area contributed by atoms with E-state index in [4.69, 9.17) is 34.3 Å². The lowest BCUT2D eigenvalue weighted by atomic mass is 9.80. The average Bonchev–Trinajstić information content (AvgIpc) is 2.54. The molecule has 0 spiro atoms. The molecule has 0 fully saturated rings. The van der Waals surface area contributed by atoms with E-state index in [0.29, 0.717) is 16.5 Å². The molecule has 2 aromatic rings. The van der Waals surface area contributed by atoms with E-state index in [1.165, 1.54) is 0 Å². The first-order chi connectivity index (χ1) is 11.5. The van der Waals surface area contributed by atoms with E-state index in [9.17, 15) is 0 Å². The van der Waals surface area contributed by atoms with Gasteiger partial charge < -0.3 is 5.73 Å². The highest BCUT2D eigenvalue weighted by atomic mass is 35.5. The Labute approximate surface area is 150 Å². The van der Waals surface area contributed by atoms with Crippen LogP contribution in [-0.4, -0.2) is 16.7 Å². The van der Waals surface area contributed by atoms with Crippen molar-refractivity contribution in [3.8, 4) is 0 Å². The number of hydrazone groups is 1. The van der Waals surface area contributed by atoms with Crippen LogP contribution in [-0.2, 0) is 6.42 Å². The number of pyridine rings is 1. The first-order valence-electron chi connectivity index (χ1n) is 7.52. The van der Waals surface area contributed by atoms with E-state index in [1.54, 1.807) is 12.3 Å². The minimum Gasteiger partial charge on any atom is -0.369 e. The van der Waals surface area contributed by atoms with Crippen LogP contribution in [0.2, 0.25) is 10.0 Å². The zero-order valence-corrected chi connectivity index (χ0v) is 14.6. The summed E-state index contributed by atoms with van der Waals surface area (Å²) >= 11 is 12.5. The van der Waals surface area contributed by atoms with E-state index >= 15 is 0 Å². The zero-order valence-electron chi connectivity index (χ0n) is 13.1. The summed E-state index contributed by atoms with van der Waals surface area (Å²) in [4.78, 5) is 4.52. The standard InChI is InChI=1S/C17H17Cl2N5/c1-9-4-5-22-14-6-10(12-8-11(18)2-3-13(12)19)7-15(16(9)14)23-24-17(20)21/h2-5,8,10H,6-7H2,1H3,(H4,20,21,24). The van der Waals surface area contributed by atoms with E-state index in [2.05, 4.69) is 15.5 Å². The van der Waals surface area contributed by atoms with Crippen molar-refractivity contribution in [2.24, 2.45) is 10.8 Å². The van der Waals surface area contributed by atoms with Crippen molar-refractivity contribution >= 4 is 34.9 Å². The molecule has 1 unspecified atom stereocenters. The quantitative estimate of drug-likeness (QED) is 0.433. The van der Waals surface area contributed by atoms with Crippen molar-refractivity contribution in [1.82, 2.24) is 10.4 Å². The molecule has 5 nitrogen and oxygen atoms in total. The summed E-state index contributed by atoms with van der Waals surface area (Å²) in [5.41, 5.74) is 12.8. The van der Waals surface area contributed by atoms with Crippen LogP contribution >= 0.6 is 23.2 Å². The Morgan fingerprint density at radius 1 is 1.33 bits per heavy atom. The van der Waals surface area contributed by atoms with Gasteiger partial charge in [-0.15, -0.1) is 0 Å². The van der Waals surface area contributed by atoms with Crippen molar-refractivity contribution in [3.05, 3.63) is 62.9 Å².